The normalized spacial score (nSPS) is 16.1. The van der Waals surface area contributed by atoms with Gasteiger partial charge < -0.3 is 25.1 Å². The number of benzene rings is 1. The van der Waals surface area contributed by atoms with Crippen molar-refractivity contribution < 1.29 is 32.4 Å². The highest BCUT2D eigenvalue weighted by molar-refractivity contribution is 6.30. The lowest BCUT2D eigenvalue weighted by atomic mass is 9.81. The third kappa shape index (κ3) is 6.28. The minimum atomic E-state index is -2.79. The molecule has 0 aliphatic heterocycles. The number of anilines is 1. The third-order valence-corrected chi connectivity index (χ3v) is 6.89. The first-order chi connectivity index (χ1) is 18.1. The van der Waals surface area contributed by atoms with E-state index in [9.17, 15) is 23.6 Å². The van der Waals surface area contributed by atoms with E-state index in [1.807, 2.05) is 0 Å². The lowest BCUT2D eigenvalue weighted by Gasteiger charge is -2.33. The number of pyridine rings is 1. The Kier molecular flexibility index (Phi) is 8.27. The van der Waals surface area contributed by atoms with E-state index in [1.165, 1.54) is 13.3 Å². The van der Waals surface area contributed by atoms with Gasteiger partial charge in [0, 0.05) is 32.6 Å². The number of hydrogen-bond acceptors (Lipinski definition) is 6. The molecular formula is C26H27ClF2N4O5. The molecule has 1 aromatic carbocycles. The molecule has 0 bridgehead atoms. The molecule has 2 amide bonds. The van der Waals surface area contributed by atoms with Crippen LogP contribution in [-0.4, -0.2) is 36.0 Å². The van der Waals surface area contributed by atoms with E-state index in [0.717, 1.165) is 6.26 Å². The van der Waals surface area contributed by atoms with Crippen molar-refractivity contribution in [2.75, 3.05) is 12.4 Å². The largest absolute Gasteiger partial charge is 0.618 e. The molecule has 2 heterocycles. The Morgan fingerprint density at radius 2 is 1.97 bits per heavy atom. The lowest BCUT2D eigenvalue weighted by Crippen LogP contribution is -2.50. The van der Waals surface area contributed by atoms with Crippen LogP contribution < -0.4 is 15.4 Å². The van der Waals surface area contributed by atoms with Crippen molar-refractivity contribution in [2.45, 2.75) is 51.2 Å². The number of methoxy groups -OCH3 is 1. The van der Waals surface area contributed by atoms with Crippen LogP contribution in [0.4, 0.5) is 14.5 Å². The van der Waals surface area contributed by atoms with Gasteiger partial charge in [0.1, 0.15) is 28.6 Å². The maximum absolute atomic E-state index is 13.8. The van der Waals surface area contributed by atoms with Crippen molar-refractivity contribution in [3.63, 3.8) is 0 Å². The molecular weight excluding hydrogens is 522 g/mol. The zero-order valence-corrected chi connectivity index (χ0v) is 21.6. The SMILES string of the molecule is COCc1nocc1C(=O)N[C@@H](C(=O)Nc1ccc(-c2cc(Cl)c[n+]([O-])c2C)cc1)C1CCC(F)(F)CC1. The summed E-state index contributed by atoms with van der Waals surface area (Å²) in [5.41, 5.74) is 2.60. The van der Waals surface area contributed by atoms with Gasteiger partial charge in [0.05, 0.1) is 12.2 Å². The summed E-state index contributed by atoms with van der Waals surface area (Å²) >= 11 is 6.03. The molecule has 3 aromatic rings. The van der Waals surface area contributed by atoms with E-state index in [-0.39, 0.29) is 48.6 Å². The van der Waals surface area contributed by atoms with Crippen molar-refractivity contribution >= 4 is 29.1 Å². The van der Waals surface area contributed by atoms with E-state index < -0.39 is 29.7 Å². The highest BCUT2D eigenvalue weighted by Gasteiger charge is 2.40. The van der Waals surface area contributed by atoms with Gasteiger partial charge in [-0.1, -0.05) is 28.9 Å². The molecule has 38 heavy (non-hydrogen) atoms. The maximum Gasteiger partial charge on any atom is 0.257 e. The van der Waals surface area contributed by atoms with E-state index in [2.05, 4.69) is 15.8 Å². The standard InChI is InChI=1S/C26H27ClF2N4O5/c1-15-20(11-18(27)12-33(15)36)16-3-5-19(6-4-16)30-25(35)23(17-7-9-26(28,29)10-8-17)31-24(34)21-13-38-32-22(21)14-37-2/h3-6,11-13,17,23H,7-10,14H2,1-2H3,(H,30,35)(H,31,34)/t23-/m1/s1. The number of carbonyl (C=O) groups excluding carboxylic acids is 2. The topological polar surface area (TPSA) is 120 Å². The van der Waals surface area contributed by atoms with Crippen LogP contribution in [0.15, 0.2) is 47.3 Å². The predicted octanol–water partition coefficient (Wildman–Crippen LogP) is 4.65. The first-order valence-electron chi connectivity index (χ1n) is 12.0. The van der Waals surface area contributed by atoms with Gasteiger partial charge >= 0.3 is 0 Å². The minimum Gasteiger partial charge on any atom is -0.618 e. The first kappa shape index (κ1) is 27.5. The average molecular weight is 549 g/mol. The van der Waals surface area contributed by atoms with E-state index in [1.54, 1.807) is 37.3 Å². The van der Waals surface area contributed by atoms with Crippen LogP contribution in [0.3, 0.4) is 0 Å². The molecule has 0 unspecified atom stereocenters. The molecule has 4 rings (SSSR count). The molecule has 2 aromatic heterocycles. The number of hydrogen-bond donors (Lipinski definition) is 2. The Balaban J connectivity index is 1.53. The molecule has 1 aliphatic carbocycles. The Morgan fingerprint density at radius 1 is 1.29 bits per heavy atom. The monoisotopic (exact) mass is 548 g/mol. The number of carbonyl (C=O) groups is 2. The molecule has 1 aliphatic rings. The molecule has 1 saturated carbocycles. The smallest absolute Gasteiger partial charge is 0.257 e. The molecule has 0 saturated heterocycles. The molecule has 12 heteroatoms. The number of rotatable bonds is 8. The van der Waals surface area contributed by atoms with Crippen LogP contribution in [-0.2, 0) is 16.1 Å². The number of ether oxygens (including phenoxy) is 1. The maximum atomic E-state index is 13.8. The van der Waals surface area contributed by atoms with Crippen molar-refractivity contribution in [1.29, 1.82) is 0 Å². The summed E-state index contributed by atoms with van der Waals surface area (Å²) in [5.74, 6) is -4.45. The Labute approximate surface area is 222 Å². The van der Waals surface area contributed by atoms with Crippen LogP contribution in [0.1, 0.15) is 47.4 Å². The summed E-state index contributed by atoms with van der Waals surface area (Å²) in [4.78, 5) is 26.3. The zero-order chi connectivity index (χ0) is 27.4. The quantitative estimate of drug-likeness (QED) is 0.312. The fourth-order valence-electron chi connectivity index (χ4n) is 4.55. The number of nitrogens with zero attached hydrogens (tertiary/aromatic N) is 2. The Bertz CT molecular complexity index is 1310. The van der Waals surface area contributed by atoms with Crippen molar-refractivity contribution in [3.05, 3.63) is 70.0 Å². The van der Waals surface area contributed by atoms with Gasteiger partial charge in [-0.25, -0.2) is 8.78 Å². The number of aromatic nitrogens is 2. The second-order valence-corrected chi connectivity index (χ2v) is 9.74. The van der Waals surface area contributed by atoms with Crippen LogP contribution >= 0.6 is 11.6 Å². The summed E-state index contributed by atoms with van der Waals surface area (Å²) < 4.78 is 38.2. The minimum absolute atomic E-state index is 0.0244. The van der Waals surface area contributed by atoms with E-state index in [0.29, 0.717) is 27.2 Å². The molecule has 9 nitrogen and oxygen atoms in total. The zero-order valence-electron chi connectivity index (χ0n) is 20.8. The van der Waals surface area contributed by atoms with Gasteiger partial charge in [-0.15, -0.1) is 0 Å². The van der Waals surface area contributed by atoms with Gasteiger partial charge in [0.25, 0.3) is 5.91 Å². The van der Waals surface area contributed by atoms with Crippen LogP contribution in [0.2, 0.25) is 5.02 Å². The van der Waals surface area contributed by atoms with Gasteiger partial charge in [0.15, 0.2) is 11.9 Å². The number of amides is 2. The summed E-state index contributed by atoms with van der Waals surface area (Å²) in [5, 5.41) is 21.5. The highest BCUT2D eigenvalue weighted by Crippen LogP contribution is 2.38. The summed E-state index contributed by atoms with van der Waals surface area (Å²) in [6.45, 7) is 1.69. The van der Waals surface area contributed by atoms with Crippen molar-refractivity contribution in [2.24, 2.45) is 5.92 Å². The average Bonchev–Trinajstić information content (AvgIpc) is 3.34. The van der Waals surface area contributed by atoms with Gasteiger partial charge in [0.2, 0.25) is 11.8 Å². The van der Waals surface area contributed by atoms with E-state index in [4.69, 9.17) is 20.9 Å². The van der Waals surface area contributed by atoms with Crippen LogP contribution in [0.25, 0.3) is 11.1 Å². The number of nitrogens with one attached hydrogen (secondary N) is 2. The molecule has 0 spiro atoms. The van der Waals surface area contributed by atoms with Gasteiger partial charge in [-0.2, -0.15) is 4.73 Å². The Morgan fingerprint density at radius 3 is 2.63 bits per heavy atom. The van der Waals surface area contributed by atoms with Crippen molar-refractivity contribution in [3.8, 4) is 11.1 Å². The lowest BCUT2D eigenvalue weighted by molar-refractivity contribution is -0.611. The molecule has 1 fully saturated rings. The predicted molar refractivity (Wildman–Crippen MR) is 135 cm³/mol. The second kappa shape index (κ2) is 11.4. The van der Waals surface area contributed by atoms with Gasteiger partial charge in [-0.3, -0.25) is 9.59 Å². The van der Waals surface area contributed by atoms with Gasteiger partial charge in [-0.05, 0) is 42.5 Å². The molecule has 2 N–H and O–H groups in total. The molecule has 202 valence electrons. The molecule has 1 atom stereocenters. The summed E-state index contributed by atoms with van der Waals surface area (Å²) in [6, 6.07) is 7.33. The van der Waals surface area contributed by atoms with Crippen molar-refractivity contribution in [1.82, 2.24) is 10.5 Å². The summed E-state index contributed by atoms with van der Waals surface area (Å²) in [7, 11) is 1.44. The third-order valence-electron chi connectivity index (χ3n) is 6.68. The number of alkyl halides is 2. The second-order valence-electron chi connectivity index (χ2n) is 9.30. The molecule has 0 radical (unpaired) electrons. The van der Waals surface area contributed by atoms with Crippen LogP contribution in [0.5, 0.6) is 0 Å². The number of halogens is 3. The fraction of sp³-hybridized carbons (Fsp3) is 0.385. The first-order valence-corrected chi connectivity index (χ1v) is 12.4. The van der Waals surface area contributed by atoms with Crippen LogP contribution in [0, 0.1) is 18.0 Å². The Hall–Kier alpha value is -3.57. The summed E-state index contributed by atoms with van der Waals surface area (Å²) in [6.07, 6.45) is 1.82. The highest BCUT2D eigenvalue weighted by atomic mass is 35.5. The fourth-order valence-corrected chi connectivity index (χ4v) is 4.75. The van der Waals surface area contributed by atoms with E-state index >= 15 is 0 Å².